The van der Waals surface area contributed by atoms with Gasteiger partial charge in [0.05, 0.1) is 30.5 Å². The Hall–Kier alpha value is -1.20. The topological polar surface area (TPSA) is 102 Å². The molecule has 1 unspecified atom stereocenters. The van der Waals surface area contributed by atoms with E-state index in [0.717, 1.165) is 0 Å². The van der Waals surface area contributed by atoms with Crippen LogP contribution in [0.3, 0.4) is 0 Å². The summed E-state index contributed by atoms with van der Waals surface area (Å²) < 4.78 is 62.8. The molecule has 0 aromatic heterocycles. The van der Waals surface area contributed by atoms with Gasteiger partial charge < -0.3 is 9.47 Å². The minimum atomic E-state index is -3.76. The molecule has 8 nitrogen and oxygen atoms in total. The van der Waals surface area contributed by atoms with Crippen molar-refractivity contribution in [2.75, 3.05) is 39.1 Å². The van der Waals surface area contributed by atoms with Crippen molar-refractivity contribution in [3.63, 3.8) is 0 Å². The molecular weight excluding hydrogens is 356 g/mol. The third-order valence-corrected chi connectivity index (χ3v) is 6.93. The lowest BCUT2D eigenvalue weighted by molar-refractivity contribution is 0.0102. The van der Waals surface area contributed by atoms with Crippen LogP contribution in [-0.4, -0.2) is 66.3 Å². The van der Waals surface area contributed by atoms with Crippen molar-refractivity contribution >= 4 is 20.0 Å². The lowest BCUT2D eigenvalue weighted by Crippen LogP contribution is -2.46. The van der Waals surface area contributed by atoms with Gasteiger partial charge >= 0.3 is 0 Å². The van der Waals surface area contributed by atoms with E-state index in [1.165, 1.54) is 35.7 Å². The number of methoxy groups -OCH3 is 1. The molecule has 1 aliphatic heterocycles. The average molecular weight is 378 g/mol. The first-order chi connectivity index (χ1) is 11.2. The van der Waals surface area contributed by atoms with Crippen molar-refractivity contribution in [1.29, 1.82) is 0 Å². The van der Waals surface area contributed by atoms with Crippen LogP contribution in [0.1, 0.15) is 6.92 Å². The summed E-state index contributed by atoms with van der Waals surface area (Å²) in [6.07, 6.45) is -0.162. The molecule has 1 N–H and O–H groups in total. The van der Waals surface area contributed by atoms with Crippen molar-refractivity contribution in [3.05, 3.63) is 24.3 Å². The van der Waals surface area contributed by atoms with Gasteiger partial charge in [0.25, 0.3) is 0 Å². The van der Waals surface area contributed by atoms with Crippen molar-refractivity contribution < 1.29 is 26.3 Å². The summed E-state index contributed by atoms with van der Waals surface area (Å²) in [6.45, 7) is 2.53. The highest BCUT2D eigenvalue weighted by molar-refractivity contribution is 7.90. The van der Waals surface area contributed by atoms with Gasteiger partial charge in [-0.25, -0.2) is 21.6 Å². The predicted octanol–water partition coefficient (Wildman–Crippen LogP) is 0.0240. The largest absolute Gasteiger partial charge is 0.497 e. The molecule has 0 spiro atoms. The van der Waals surface area contributed by atoms with Crippen LogP contribution in [0.15, 0.2) is 29.2 Å². The van der Waals surface area contributed by atoms with E-state index < -0.39 is 20.0 Å². The maximum absolute atomic E-state index is 12.3. The number of benzene rings is 1. The second kappa shape index (κ2) is 7.79. The Morgan fingerprint density at radius 1 is 1.25 bits per heavy atom. The smallest absolute Gasteiger partial charge is 0.240 e. The van der Waals surface area contributed by atoms with Crippen molar-refractivity contribution in [2.24, 2.45) is 0 Å². The summed E-state index contributed by atoms with van der Waals surface area (Å²) >= 11 is 0. The first-order valence-electron chi connectivity index (χ1n) is 7.48. The molecule has 0 radical (unpaired) electrons. The van der Waals surface area contributed by atoms with E-state index in [2.05, 4.69) is 4.72 Å². The Morgan fingerprint density at radius 2 is 1.92 bits per heavy atom. The number of sulfonamides is 2. The molecule has 24 heavy (non-hydrogen) atoms. The first-order valence-corrected chi connectivity index (χ1v) is 10.6. The zero-order valence-electron chi connectivity index (χ0n) is 13.6. The fourth-order valence-corrected chi connectivity index (χ4v) is 4.88. The summed E-state index contributed by atoms with van der Waals surface area (Å²) in [4.78, 5) is 0.0562. The maximum atomic E-state index is 12.3. The lowest BCUT2D eigenvalue weighted by atomic mass is 10.3. The van der Waals surface area contributed by atoms with Crippen molar-refractivity contribution in [1.82, 2.24) is 9.03 Å². The molecule has 1 aromatic carbocycles. The first kappa shape index (κ1) is 19.1. The number of hydrogen-bond acceptors (Lipinski definition) is 6. The zero-order valence-corrected chi connectivity index (χ0v) is 15.3. The third kappa shape index (κ3) is 4.90. The Labute approximate surface area is 142 Å². The van der Waals surface area contributed by atoms with E-state index >= 15 is 0 Å². The van der Waals surface area contributed by atoms with Gasteiger partial charge in [0, 0.05) is 19.6 Å². The van der Waals surface area contributed by atoms with Gasteiger partial charge in [0.1, 0.15) is 5.75 Å². The molecule has 0 amide bonds. The second-order valence-electron chi connectivity index (χ2n) is 5.43. The van der Waals surface area contributed by atoms with E-state index in [1.807, 2.05) is 0 Å². The normalized spacial score (nSPS) is 20.0. The molecule has 10 heteroatoms. The number of rotatable bonds is 7. The summed E-state index contributed by atoms with van der Waals surface area (Å²) in [5.74, 6) is 0.243. The standard InChI is InChI=1S/C14H22N2O6S2/c1-12-11-16(8-9-22-12)23(17,18)10-7-15-24(19,20)14-5-3-13(21-2)4-6-14/h3-6,12,15H,7-11H2,1-2H3. The molecule has 0 saturated carbocycles. The Morgan fingerprint density at radius 3 is 2.50 bits per heavy atom. The fraction of sp³-hybridized carbons (Fsp3) is 0.571. The number of nitrogens with one attached hydrogen (secondary N) is 1. The summed E-state index contributed by atoms with van der Waals surface area (Å²) in [7, 11) is -5.80. The van der Waals surface area contributed by atoms with Gasteiger partial charge in [-0.3, -0.25) is 0 Å². The lowest BCUT2D eigenvalue weighted by Gasteiger charge is -2.30. The van der Waals surface area contributed by atoms with Gasteiger partial charge in [0.15, 0.2) is 0 Å². The molecule has 1 aromatic rings. The van der Waals surface area contributed by atoms with Crippen LogP contribution in [0.2, 0.25) is 0 Å². The monoisotopic (exact) mass is 378 g/mol. The van der Waals surface area contributed by atoms with Crippen LogP contribution < -0.4 is 9.46 Å². The molecule has 1 atom stereocenters. The molecule has 1 heterocycles. The van der Waals surface area contributed by atoms with Crippen LogP contribution in [0, 0.1) is 0 Å². The van der Waals surface area contributed by atoms with Gasteiger partial charge in [-0.15, -0.1) is 0 Å². The second-order valence-corrected chi connectivity index (χ2v) is 9.28. The van der Waals surface area contributed by atoms with Crippen molar-refractivity contribution in [3.8, 4) is 5.75 Å². The van der Waals surface area contributed by atoms with E-state index in [0.29, 0.717) is 12.4 Å². The Balaban J connectivity index is 1.94. The van der Waals surface area contributed by atoms with Crippen LogP contribution in [0.4, 0.5) is 0 Å². The van der Waals surface area contributed by atoms with Crippen LogP contribution in [0.25, 0.3) is 0 Å². The Bertz CT molecular complexity index is 746. The van der Waals surface area contributed by atoms with E-state index in [9.17, 15) is 16.8 Å². The number of hydrogen-bond donors (Lipinski definition) is 1. The average Bonchev–Trinajstić information content (AvgIpc) is 2.54. The number of ether oxygens (including phenoxy) is 2. The SMILES string of the molecule is COc1ccc(S(=O)(=O)NCCS(=O)(=O)N2CCOC(C)C2)cc1. The van der Waals surface area contributed by atoms with E-state index in [4.69, 9.17) is 9.47 Å². The summed E-state index contributed by atoms with van der Waals surface area (Å²) in [5.41, 5.74) is 0. The molecule has 1 aliphatic rings. The highest BCUT2D eigenvalue weighted by Gasteiger charge is 2.27. The third-order valence-electron chi connectivity index (χ3n) is 3.62. The predicted molar refractivity (Wildman–Crippen MR) is 89.0 cm³/mol. The fourth-order valence-electron chi connectivity index (χ4n) is 2.31. The minimum absolute atomic E-state index is 0.0562. The highest BCUT2D eigenvalue weighted by Crippen LogP contribution is 2.15. The Kier molecular flexibility index (Phi) is 6.21. The van der Waals surface area contributed by atoms with E-state index in [1.54, 1.807) is 6.92 Å². The number of nitrogens with zero attached hydrogens (tertiary/aromatic N) is 1. The van der Waals surface area contributed by atoms with Gasteiger partial charge in [-0.2, -0.15) is 4.31 Å². The van der Waals surface area contributed by atoms with Crippen LogP contribution in [0.5, 0.6) is 5.75 Å². The van der Waals surface area contributed by atoms with E-state index in [-0.39, 0.29) is 36.4 Å². The van der Waals surface area contributed by atoms with Crippen molar-refractivity contribution in [2.45, 2.75) is 17.9 Å². The molecular formula is C14H22N2O6S2. The molecule has 1 saturated heterocycles. The molecule has 0 aliphatic carbocycles. The summed E-state index contributed by atoms with van der Waals surface area (Å²) in [5, 5.41) is 0. The molecule has 136 valence electrons. The maximum Gasteiger partial charge on any atom is 0.240 e. The van der Waals surface area contributed by atoms with Crippen LogP contribution >= 0.6 is 0 Å². The van der Waals surface area contributed by atoms with Gasteiger partial charge in [-0.05, 0) is 31.2 Å². The molecule has 2 rings (SSSR count). The molecule has 1 fully saturated rings. The molecule has 0 bridgehead atoms. The van der Waals surface area contributed by atoms with Gasteiger partial charge in [0.2, 0.25) is 20.0 Å². The minimum Gasteiger partial charge on any atom is -0.497 e. The zero-order chi connectivity index (χ0) is 17.8. The highest BCUT2D eigenvalue weighted by atomic mass is 32.2. The quantitative estimate of drug-likeness (QED) is 0.718. The van der Waals surface area contributed by atoms with Gasteiger partial charge in [-0.1, -0.05) is 0 Å². The summed E-state index contributed by atoms with van der Waals surface area (Å²) in [6, 6.07) is 5.86. The number of morpholine rings is 1. The van der Waals surface area contributed by atoms with Crippen LogP contribution in [-0.2, 0) is 24.8 Å².